The molecule has 2 rings (SSSR count). The lowest BCUT2D eigenvalue weighted by atomic mass is 10.2. The van der Waals surface area contributed by atoms with Crippen LogP contribution in [0.2, 0.25) is 0 Å². The van der Waals surface area contributed by atoms with Crippen molar-refractivity contribution in [3.8, 4) is 17.2 Å². The maximum Gasteiger partial charge on any atom is 0.262 e. The molecule has 0 radical (unpaired) electrons. The van der Waals surface area contributed by atoms with E-state index in [2.05, 4.69) is 5.32 Å². The summed E-state index contributed by atoms with van der Waals surface area (Å²) in [7, 11) is 1.55. The summed E-state index contributed by atoms with van der Waals surface area (Å²) in [5, 5.41) is 2.71. The number of anilines is 1. The summed E-state index contributed by atoms with van der Waals surface area (Å²) in [6.07, 6.45) is 1.55. The number of methoxy groups -OCH3 is 1. The Kier molecular flexibility index (Phi) is 6.83. The fourth-order valence-electron chi connectivity index (χ4n) is 2.09. The lowest BCUT2D eigenvalue weighted by molar-refractivity contribution is -0.118. The minimum absolute atomic E-state index is 0.227. The summed E-state index contributed by atoms with van der Waals surface area (Å²) in [5.41, 5.74) is 0.960. The van der Waals surface area contributed by atoms with E-state index in [0.717, 1.165) is 6.42 Å². The summed E-state index contributed by atoms with van der Waals surface area (Å²) in [6.45, 7) is 2.34. The number of nitrogens with one attached hydrogen (secondary N) is 1. The van der Waals surface area contributed by atoms with Crippen molar-refractivity contribution < 1.29 is 23.8 Å². The summed E-state index contributed by atoms with van der Waals surface area (Å²) in [6, 6.07) is 11.9. The molecule has 0 bridgehead atoms. The second-order valence-corrected chi connectivity index (χ2v) is 5.23. The van der Waals surface area contributed by atoms with Crippen molar-refractivity contribution in [1.29, 1.82) is 0 Å². The second kappa shape index (κ2) is 9.32. The lowest BCUT2D eigenvalue weighted by Crippen LogP contribution is -2.20. The third-order valence-electron chi connectivity index (χ3n) is 3.30. The first-order valence-electron chi connectivity index (χ1n) is 7.95. The van der Waals surface area contributed by atoms with Crippen LogP contribution in [0.25, 0.3) is 0 Å². The van der Waals surface area contributed by atoms with Gasteiger partial charge in [-0.25, -0.2) is 0 Å². The minimum Gasteiger partial charge on any atom is -0.497 e. The zero-order valence-corrected chi connectivity index (χ0v) is 14.3. The highest BCUT2D eigenvalue weighted by molar-refractivity contribution is 5.92. The molecule has 1 amide bonds. The van der Waals surface area contributed by atoms with Gasteiger partial charge in [-0.3, -0.25) is 9.59 Å². The van der Waals surface area contributed by atoms with Gasteiger partial charge in [0.25, 0.3) is 5.91 Å². The van der Waals surface area contributed by atoms with Crippen molar-refractivity contribution >= 4 is 17.9 Å². The quantitative estimate of drug-likeness (QED) is 0.707. The number of carbonyl (C=O) groups is 2. The van der Waals surface area contributed by atoms with Crippen LogP contribution < -0.4 is 19.5 Å². The van der Waals surface area contributed by atoms with E-state index in [1.807, 2.05) is 6.92 Å². The maximum atomic E-state index is 12.0. The van der Waals surface area contributed by atoms with E-state index in [1.165, 1.54) is 0 Å². The fraction of sp³-hybridized carbons (Fsp3) is 0.263. The third-order valence-corrected chi connectivity index (χ3v) is 3.30. The largest absolute Gasteiger partial charge is 0.497 e. The predicted octanol–water partition coefficient (Wildman–Crippen LogP) is 3.31. The van der Waals surface area contributed by atoms with Gasteiger partial charge in [-0.05, 0) is 30.7 Å². The second-order valence-electron chi connectivity index (χ2n) is 5.23. The van der Waals surface area contributed by atoms with Crippen molar-refractivity contribution in [3.63, 3.8) is 0 Å². The van der Waals surface area contributed by atoms with E-state index in [9.17, 15) is 9.59 Å². The summed E-state index contributed by atoms with van der Waals surface area (Å²) >= 11 is 0. The molecule has 0 atom stereocenters. The first kappa shape index (κ1) is 18.3. The number of amides is 1. The molecule has 2 aromatic rings. The van der Waals surface area contributed by atoms with E-state index in [1.54, 1.807) is 49.6 Å². The van der Waals surface area contributed by atoms with Gasteiger partial charge >= 0.3 is 0 Å². The van der Waals surface area contributed by atoms with E-state index in [0.29, 0.717) is 41.4 Å². The Morgan fingerprint density at radius 1 is 1.12 bits per heavy atom. The van der Waals surface area contributed by atoms with Crippen LogP contribution in [0, 0.1) is 0 Å². The van der Waals surface area contributed by atoms with Crippen LogP contribution in [0.3, 0.4) is 0 Å². The van der Waals surface area contributed by atoms with Crippen molar-refractivity contribution in [1.82, 2.24) is 0 Å². The van der Waals surface area contributed by atoms with Crippen LogP contribution in [0.15, 0.2) is 42.5 Å². The Hall–Kier alpha value is -3.02. The zero-order chi connectivity index (χ0) is 18.1. The number of hydrogen-bond donors (Lipinski definition) is 1. The van der Waals surface area contributed by atoms with Crippen LogP contribution in [0.4, 0.5) is 5.69 Å². The Labute approximate surface area is 146 Å². The number of benzene rings is 2. The highest BCUT2D eigenvalue weighted by atomic mass is 16.5. The molecule has 6 heteroatoms. The monoisotopic (exact) mass is 343 g/mol. The molecule has 132 valence electrons. The molecule has 0 aromatic heterocycles. The average Bonchev–Trinajstić information content (AvgIpc) is 2.64. The number of ether oxygens (including phenoxy) is 3. The van der Waals surface area contributed by atoms with E-state index < -0.39 is 0 Å². The highest BCUT2D eigenvalue weighted by Gasteiger charge is 2.09. The molecule has 6 nitrogen and oxygen atoms in total. The molecular weight excluding hydrogens is 322 g/mol. The smallest absolute Gasteiger partial charge is 0.262 e. The number of rotatable bonds is 9. The average molecular weight is 343 g/mol. The first-order valence-corrected chi connectivity index (χ1v) is 7.95. The molecule has 0 aliphatic heterocycles. The molecule has 0 fully saturated rings. The highest BCUT2D eigenvalue weighted by Crippen LogP contribution is 2.24. The molecule has 25 heavy (non-hydrogen) atoms. The summed E-state index contributed by atoms with van der Waals surface area (Å²) in [5.74, 6) is 1.20. The van der Waals surface area contributed by atoms with Crippen LogP contribution in [0.5, 0.6) is 17.2 Å². The molecular formula is C19H21NO5. The maximum absolute atomic E-state index is 12.0. The Balaban J connectivity index is 1.99. The Bertz CT molecular complexity index is 730. The molecule has 0 saturated carbocycles. The summed E-state index contributed by atoms with van der Waals surface area (Å²) in [4.78, 5) is 23.2. The molecule has 2 aromatic carbocycles. The number of aldehydes is 1. The van der Waals surface area contributed by atoms with Crippen molar-refractivity contribution in [3.05, 3.63) is 48.0 Å². The van der Waals surface area contributed by atoms with Gasteiger partial charge in [-0.15, -0.1) is 0 Å². The van der Waals surface area contributed by atoms with Crippen LogP contribution in [-0.2, 0) is 4.79 Å². The van der Waals surface area contributed by atoms with Gasteiger partial charge in [-0.2, -0.15) is 0 Å². The first-order chi connectivity index (χ1) is 12.2. The summed E-state index contributed by atoms with van der Waals surface area (Å²) < 4.78 is 16.1. The van der Waals surface area contributed by atoms with Gasteiger partial charge in [0.1, 0.15) is 17.2 Å². The van der Waals surface area contributed by atoms with E-state index in [-0.39, 0.29) is 12.5 Å². The molecule has 0 aliphatic carbocycles. The Morgan fingerprint density at radius 2 is 1.96 bits per heavy atom. The molecule has 0 heterocycles. The molecule has 0 unspecified atom stereocenters. The van der Waals surface area contributed by atoms with Gasteiger partial charge in [-0.1, -0.05) is 13.0 Å². The normalized spacial score (nSPS) is 10.0. The van der Waals surface area contributed by atoms with Crippen molar-refractivity contribution in [2.75, 3.05) is 25.6 Å². The van der Waals surface area contributed by atoms with Gasteiger partial charge in [0.15, 0.2) is 12.9 Å². The molecule has 0 aliphatic rings. The topological polar surface area (TPSA) is 73.9 Å². The van der Waals surface area contributed by atoms with Gasteiger partial charge in [0.2, 0.25) is 0 Å². The van der Waals surface area contributed by atoms with Gasteiger partial charge in [0, 0.05) is 17.8 Å². The zero-order valence-electron chi connectivity index (χ0n) is 14.3. The predicted molar refractivity (Wildman–Crippen MR) is 94.7 cm³/mol. The van der Waals surface area contributed by atoms with E-state index >= 15 is 0 Å². The van der Waals surface area contributed by atoms with Crippen molar-refractivity contribution in [2.45, 2.75) is 13.3 Å². The third kappa shape index (κ3) is 5.53. The van der Waals surface area contributed by atoms with Crippen LogP contribution in [0.1, 0.15) is 23.7 Å². The standard InChI is InChI=1S/C19H21NO5/c1-3-9-24-17-8-7-14(12-21)18(11-17)25-13-19(22)20-15-5-4-6-16(10-15)23-2/h4-8,10-12H,3,9,13H2,1-2H3,(H,20,22). The number of carbonyl (C=O) groups excluding carboxylic acids is 2. The molecule has 1 N–H and O–H groups in total. The SMILES string of the molecule is CCCOc1ccc(C=O)c(OCC(=O)Nc2cccc(OC)c2)c1. The minimum atomic E-state index is -0.343. The van der Waals surface area contributed by atoms with E-state index in [4.69, 9.17) is 14.2 Å². The fourth-order valence-corrected chi connectivity index (χ4v) is 2.09. The molecule has 0 spiro atoms. The van der Waals surface area contributed by atoms with Gasteiger partial charge in [0.05, 0.1) is 19.3 Å². The Morgan fingerprint density at radius 3 is 2.68 bits per heavy atom. The van der Waals surface area contributed by atoms with Crippen molar-refractivity contribution in [2.24, 2.45) is 0 Å². The van der Waals surface area contributed by atoms with Gasteiger partial charge < -0.3 is 19.5 Å². The molecule has 0 saturated heterocycles. The lowest BCUT2D eigenvalue weighted by Gasteiger charge is -2.12. The van der Waals surface area contributed by atoms with Crippen LogP contribution >= 0.6 is 0 Å². The number of hydrogen-bond acceptors (Lipinski definition) is 5. The van der Waals surface area contributed by atoms with Crippen LogP contribution in [-0.4, -0.2) is 32.5 Å².